The normalized spacial score (nSPS) is 18.0. The van der Waals surface area contributed by atoms with Gasteiger partial charge in [-0.2, -0.15) is 0 Å². The standard InChI is InChI=1S/C26H30N4O3/c31-25(27-13-12-19-16-28-21-9-3-2-8-20(19)21)18-30-17-24(26(32)29-14-6-1-7-15-29)33-23-11-5-4-10-22(23)30/h2-5,8-11,16,24,28H,1,6-7,12-15,17-18H2,(H,27,31). The molecule has 2 N–H and O–H groups in total. The van der Waals surface area contributed by atoms with Gasteiger partial charge in [-0.15, -0.1) is 0 Å². The number of nitrogens with one attached hydrogen (secondary N) is 2. The third-order valence-corrected chi connectivity index (χ3v) is 6.53. The summed E-state index contributed by atoms with van der Waals surface area (Å²) in [6.45, 7) is 2.70. The Morgan fingerprint density at radius 3 is 2.70 bits per heavy atom. The molecule has 1 saturated heterocycles. The van der Waals surface area contributed by atoms with Gasteiger partial charge in [0, 0.05) is 36.7 Å². The molecule has 1 atom stereocenters. The van der Waals surface area contributed by atoms with E-state index >= 15 is 0 Å². The quantitative estimate of drug-likeness (QED) is 0.610. The van der Waals surface area contributed by atoms with Crippen LogP contribution in [-0.4, -0.2) is 60.5 Å². The van der Waals surface area contributed by atoms with Gasteiger partial charge in [0.1, 0.15) is 5.75 Å². The van der Waals surface area contributed by atoms with Gasteiger partial charge in [-0.05, 0) is 49.4 Å². The van der Waals surface area contributed by atoms with Crippen molar-refractivity contribution in [3.63, 3.8) is 0 Å². The molecule has 2 aliphatic rings. The third kappa shape index (κ3) is 4.67. The highest BCUT2D eigenvalue weighted by atomic mass is 16.5. The molecule has 0 saturated carbocycles. The number of ether oxygens (including phenoxy) is 1. The topological polar surface area (TPSA) is 77.7 Å². The number of H-pyrrole nitrogens is 1. The van der Waals surface area contributed by atoms with E-state index in [4.69, 9.17) is 4.74 Å². The van der Waals surface area contributed by atoms with Crippen LogP contribution in [-0.2, 0) is 16.0 Å². The van der Waals surface area contributed by atoms with E-state index in [-0.39, 0.29) is 18.4 Å². The summed E-state index contributed by atoms with van der Waals surface area (Å²) in [7, 11) is 0. The molecule has 1 aromatic heterocycles. The number of hydrogen-bond acceptors (Lipinski definition) is 4. The lowest BCUT2D eigenvalue weighted by atomic mass is 10.1. The summed E-state index contributed by atoms with van der Waals surface area (Å²) < 4.78 is 6.06. The molecule has 7 heteroatoms. The number of hydrogen-bond donors (Lipinski definition) is 2. The fourth-order valence-electron chi connectivity index (χ4n) is 4.81. The van der Waals surface area contributed by atoms with Gasteiger partial charge in [0.15, 0.2) is 6.10 Å². The average Bonchev–Trinajstić information content (AvgIpc) is 3.27. The van der Waals surface area contributed by atoms with Gasteiger partial charge < -0.3 is 24.8 Å². The van der Waals surface area contributed by atoms with Crippen LogP contribution >= 0.6 is 0 Å². The molecule has 1 unspecified atom stereocenters. The molecule has 3 aromatic rings. The predicted molar refractivity (Wildman–Crippen MR) is 129 cm³/mol. The van der Waals surface area contributed by atoms with Crippen LogP contribution in [0.5, 0.6) is 5.75 Å². The summed E-state index contributed by atoms with van der Waals surface area (Å²) >= 11 is 0. The summed E-state index contributed by atoms with van der Waals surface area (Å²) in [5.41, 5.74) is 3.15. The van der Waals surface area contributed by atoms with Crippen LogP contribution in [0, 0.1) is 0 Å². The molecular weight excluding hydrogens is 416 g/mol. The number of piperidine rings is 1. The number of aromatic nitrogens is 1. The van der Waals surface area contributed by atoms with Gasteiger partial charge in [0.25, 0.3) is 5.91 Å². The van der Waals surface area contributed by atoms with Gasteiger partial charge in [-0.3, -0.25) is 9.59 Å². The number of fused-ring (bicyclic) bond motifs is 2. The zero-order chi connectivity index (χ0) is 22.6. The molecule has 172 valence electrons. The maximum atomic E-state index is 13.1. The Hall–Kier alpha value is -3.48. The van der Waals surface area contributed by atoms with Crippen LogP contribution in [0.2, 0.25) is 0 Å². The van der Waals surface area contributed by atoms with Crippen molar-refractivity contribution in [1.82, 2.24) is 15.2 Å². The monoisotopic (exact) mass is 446 g/mol. The third-order valence-electron chi connectivity index (χ3n) is 6.53. The number of para-hydroxylation sites is 3. The minimum atomic E-state index is -0.586. The highest BCUT2D eigenvalue weighted by Crippen LogP contribution is 2.33. The number of benzene rings is 2. The van der Waals surface area contributed by atoms with Crippen LogP contribution in [0.1, 0.15) is 24.8 Å². The second kappa shape index (κ2) is 9.57. The van der Waals surface area contributed by atoms with Crippen molar-refractivity contribution in [2.24, 2.45) is 0 Å². The van der Waals surface area contributed by atoms with Crippen LogP contribution in [0.15, 0.2) is 54.7 Å². The zero-order valence-electron chi connectivity index (χ0n) is 18.8. The Kier molecular flexibility index (Phi) is 6.19. The lowest BCUT2D eigenvalue weighted by molar-refractivity contribution is -0.139. The lowest BCUT2D eigenvalue weighted by Crippen LogP contribution is -2.53. The molecule has 2 aliphatic heterocycles. The van der Waals surface area contributed by atoms with Crippen LogP contribution in [0.25, 0.3) is 10.9 Å². The summed E-state index contributed by atoms with van der Waals surface area (Å²) in [6.07, 6.45) is 5.42. The van der Waals surface area contributed by atoms with E-state index in [0.29, 0.717) is 18.8 Å². The largest absolute Gasteiger partial charge is 0.477 e. The first-order valence-corrected chi connectivity index (χ1v) is 11.8. The summed E-state index contributed by atoms with van der Waals surface area (Å²) in [5.74, 6) is 0.621. The highest BCUT2D eigenvalue weighted by molar-refractivity contribution is 5.86. The molecule has 2 aromatic carbocycles. The Bertz CT molecular complexity index is 1140. The molecule has 7 nitrogen and oxygen atoms in total. The summed E-state index contributed by atoms with van der Waals surface area (Å²) in [6, 6.07) is 15.8. The van der Waals surface area contributed by atoms with E-state index in [1.807, 2.05) is 52.4 Å². The van der Waals surface area contributed by atoms with Crippen molar-refractivity contribution < 1.29 is 14.3 Å². The van der Waals surface area contributed by atoms with Crippen LogP contribution < -0.4 is 15.0 Å². The number of anilines is 1. The maximum absolute atomic E-state index is 13.1. The van der Waals surface area contributed by atoms with Gasteiger partial charge in [-0.25, -0.2) is 0 Å². The Balaban J connectivity index is 1.21. The van der Waals surface area contributed by atoms with Gasteiger partial charge in [0.2, 0.25) is 5.91 Å². The molecule has 5 rings (SSSR count). The summed E-state index contributed by atoms with van der Waals surface area (Å²) in [4.78, 5) is 33.0. The van der Waals surface area contributed by atoms with E-state index in [9.17, 15) is 9.59 Å². The van der Waals surface area contributed by atoms with E-state index in [2.05, 4.69) is 22.4 Å². The fraction of sp³-hybridized carbons (Fsp3) is 0.385. The molecule has 33 heavy (non-hydrogen) atoms. The van der Waals surface area contributed by atoms with E-state index in [0.717, 1.165) is 43.6 Å². The Labute approximate surface area is 193 Å². The van der Waals surface area contributed by atoms with Crippen molar-refractivity contribution in [3.05, 3.63) is 60.3 Å². The van der Waals surface area contributed by atoms with E-state index in [1.54, 1.807) is 0 Å². The SMILES string of the molecule is O=C(CN1CC(C(=O)N2CCCCC2)Oc2ccccc21)NCCc1c[nH]c2ccccc12. The number of likely N-dealkylation sites (tertiary alicyclic amines) is 1. The van der Waals surface area contributed by atoms with Crippen molar-refractivity contribution in [2.45, 2.75) is 31.8 Å². The number of aromatic amines is 1. The number of nitrogens with zero attached hydrogens (tertiary/aromatic N) is 2. The van der Waals surface area contributed by atoms with E-state index in [1.165, 1.54) is 17.4 Å². The van der Waals surface area contributed by atoms with Gasteiger partial charge in [0.05, 0.1) is 18.8 Å². The number of carbonyl (C=O) groups is 2. The van der Waals surface area contributed by atoms with Gasteiger partial charge >= 0.3 is 0 Å². The number of amides is 2. The molecule has 1 fully saturated rings. The zero-order valence-corrected chi connectivity index (χ0v) is 18.8. The average molecular weight is 447 g/mol. The molecular formula is C26H30N4O3. The predicted octanol–water partition coefficient (Wildman–Crippen LogP) is 3.11. The number of rotatable bonds is 6. The molecule has 3 heterocycles. The van der Waals surface area contributed by atoms with Crippen molar-refractivity contribution in [1.29, 1.82) is 0 Å². The first kappa shape index (κ1) is 21.4. The fourth-order valence-corrected chi connectivity index (χ4v) is 4.81. The smallest absolute Gasteiger partial charge is 0.265 e. The minimum Gasteiger partial charge on any atom is -0.477 e. The van der Waals surface area contributed by atoms with Crippen molar-refractivity contribution in [2.75, 3.05) is 37.6 Å². The minimum absolute atomic E-state index is 0.0222. The second-order valence-electron chi connectivity index (χ2n) is 8.80. The maximum Gasteiger partial charge on any atom is 0.265 e. The van der Waals surface area contributed by atoms with Crippen LogP contribution in [0.3, 0.4) is 0 Å². The first-order chi connectivity index (χ1) is 16.2. The van der Waals surface area contributed by atoms with Crippen molar-refractivity contribution in [3.8, 4) is 5.75 Å². The summed E-state index contributed by atoms with van der Waals surface area (Å²) in [5, 5.41) is 4.23. The Morgan fingerprint density at radius 2 is 1.82 bits per heavy atom. The molecule has 0 bridgehead atoms. The molecule has 0 aliphatic carbocycles. The molecule has 2 amide bonds. The highest BCUT2D eigenvalue weighted by Gasteiger charge is 2.34. The van der Waals surface area contributed by atoms with Crippen molar-refractivity contribution >= 4 is 28.4 Å². The Morgan fingerprint density at radius 1 is 1.03 bits per heavy atom. The van der Waals surface area contributed by atoms with Crippen LogP contribution in [0.4, 0.5) is 5.69 Å². The lowest BCUT2D eigenvalue weighted by Gasteiger charge is -2.38. The molecule has 0 radical (unpaired) electrons. The first-order valence-electron chi connectivity index (χ1n) is 11.8. The van der Waals surface area contributed by atoms with Gasteiger partial charge in [-0.1, -0.05) is 30.3 Å². The van der Waals surface area contributed by atoms with E-state index < -0.39 is 6.10 Å². The second-order valence-corrected chi connectivity index (χ2v) is 8.80. The molecule has 0 spiro atoms. The number of carbonyl (C=O) groups excluding carboxylic acids is 2.